The Bertz CT molecular complexity index is 531. The summed E-state index contributed by atoms with van der Waals surface area (Å²) >= 11 is 1.81. The molecule has 1 aliphatic carbocycles. The molecule has 2 aliphatic rings. The van der Waals surface area contributed by atoms with Crippen LogP contribution in [0.5, 0.6) is 0 Å². The molecule has 2 rings (SSSR count). The molecular formula is C18H36N4O3S2. The van der Waals surface area contributed by atoms with Gasteiger partial charge in [0.05, 0.1) is 11.9 Å². The third-order valence-electron chi connectivity index (χ3n) is 4.84. The van der Waals surface area contributed by atoms with Gasteiger partial charge in [0.1, 0.15) is 0 Å². The minimum Gasteiger partial charge on any atom is -0.378 e. The number of rotatable bonds is 10. The van der Waals surface area contributed by atoms with E-state index in [2.05, 4.69) is 15.6 Å². The predicted octanol–water partition coefficient (Wildman–Crippen LogP) is 1.66. The molecular weight excluding hydrogens is 384 g/mol. The second-order valence-corrected chi connectivity index (χ2v) is 10.3. The highest BCUT2D eigenvalue weighted by Crippen LogP contribution is 2.20. The zero-order valence-corrected chi connectivity index (χ0v) is 18.3. The topological polar surface area (TPSA) is 83.0 Å². The Morgan fingerprint density at radius 3 is 2.63 bits per heavy atom. The first kappa shape index (κ1) is 22.8. The van der Waals surface area contributed by atoms with Gasteiger partial charge >= 0.3 is 0 Å². The number of aliphatic imine (C=N–C) groups is 1. The normalized spacial score (nSPS) is 20.6. The molecule has 0 unspecified atom stereocenters. The fraction of sp³-hybridized carbons (Fsp3) is 0.944. The van der Waals surface area contributed by atoms with Crippen LogP contribution in [0.2, 0.25) is 0 Å². The number of thioether (sulfide) groups is 1. The van der Waals surface area contributed by atoms with Crippen LogP contribution in [0.1, 0.15) is 45.4 Å². The zero-order chi connectivity index (χ0) is 19.4. The zero-order valence-electron chi connectivity index (χ0n) is 16.6. The molecule has 2 N–H and O–H groups in total. The smallest absolute Gasteiger partial charge is 0.215 e. The lowest BCUT2D eigenvalue weighted by Gasteiger charge is -2.25. The first-order valence-electron chi connectivity index (χ1n) is 10.3. The van der Waals surface area contributed by atoms with Gasteiger partial charge in [-0.15, -0.1) is 0 Å². The number of sulfonamides is 1. The molecule has 1 saturated heterocycles. The van der Waals surface area contributed by atoms with Crippen molar-refractivity contribution in [2.45, 2.75) is 51.6 Å². The summed E-state index contributed by atoms with van der Waals surface area (Å²) in [6, 6.07) is 0. The van der Waals surface area contributed by atoms with E-state index in [9.17, 15) is 8.42 Å². The van der Waals surface area contributed by atoms with Crippen LogP contribution in [0, 0.1) is 0 Å². The molecule has 1 aliphatic heterocycles. The lowest BCUT2D eigenvalue weighted by Crippen LogP contribution is -2.44. The van der Waals surface area contributed by atoms with Crippen LogP contribution < -0.4 is 10.6 Å². The molecule has 27 heavy (non-hydrogen) atoms. The number of ether oxygens (including phenoxy) is 1. The van der Waals surface area contributed by atoms with E-state index in [-0.39, 0.29) is 5.75 Å². The molecule has 0 aromatic rings. The first-order valence-corrected chi connectivity index (χ1v) is 13.1. The van der Waals surface area contributed by atoms with Crippen LogP contribution in [-0.4, -0.2) is 81.4 Å². The van der Waals surface area contributed by atoms with Gasteiger partial charge in [-0.25, -0.2) is 12.7 Å². The lowest BCUT2D eigenvalue weighted by molar-refractivity contribution is 0.0281. The van der Waals surface area contributed by atoms with Gasteiger partial charge in [-0.1, -0.05) is 19.3 Å². The molecule has 0 atom stereocenters. The van der Waals surface area contributed by atoms with Gasteiger partial charge in [-0.3, -0.25) is 4.99 Å². The Hall–Kier alpha value is -0.510. The first-order chi connectivity index (χ1) is 13.1. The van der Waals surface area contributed by atoms with Crippen LogP contribution >= 0.6 is 11.8 Å². The fourth-order valence-corrected chi connectivity index (χ4v) is 5.82. The molecule has 0 amide bonds. The Balaban J connectivity index is 1.64. The molecule has 0 aromatic carbocycles. The van der Waals surface area contributed by atoms with Crippen LogP contribution in [0.25, 0.3) is 0 Å². The molecule has 1 saturated carbocycles. The molecule has 2 fully saturated rings. The molecule has 1 heterocycles. The summed E-state index contributed by atoms with van der Waals surface area (Å²) in [6.45, 7) is 5.81. The maximum Gasteiger partial charge on any atom is 0.215 e. The van der Waals surface area contributed by atoms with E-state index in [1.165, 1.54) is 32.1 Å². The van der Waals surface area contributed by atoms with Crippen LogP contribution in [-0.2, 0) is 14.8 Å². The molecule has 158 valence electrons. The Kier molecular flexibility index (Phi) is 10.8. The third-order valence-corrected chi connectivity index (χ3v) is 7.65. The van der Waals surface area contributed by atoms with Crippen LogP contribution in [0.15, 0.2) is 4.99 Å². The fourth-order valence-electron chi connectivity index (χ4n) is 3.33. The highest BCUT2D eigenvalue weighted by Gasteiger charge is 2.23. The van der Waals surface area contributed by atoms with E-state index in [0.29, 0.717) is 38.2 Å². The van der Waals surface area contributed by atoms with Crippen molar-refractivity contribution in [3.8, 4) is 0 Å². The predicted molar refractivity (Wildman–Crippen MR) is 114 cm³/mol. The largest absolute Gasteiger partial charge is 0.378 e. The van der Waals surface area contributed by atoms with Crippen molar-refractivity contribution in [2.24, 2.45) is 4.99 Å². The molecule has 0 radical (unpaired) electrons. The maximum atomic E-state index is 12.4. The summed E-state index contributed by atoms with van der Waals surface area (Å²) in [5, 5.41) is 6.32. The van der Waals surface area contributed by atoms with Crippen molar-refractivity contribution in [1.29, 1.82) is 0 Å². The van der Waals surface area contributed by atoms with Crippen molar-refractivity contribution in [3.63, 3.8) is 0 Å². The quantitative estimate of drug-likeness (QED) is 0.318. The third kappa shape index (κ3) is 9.02. The Labute approximate surface area is 169 Å². The molecule has 0 aromatic heterocycles. The Morgan fingerprint density at radius 1 is 1.19 bits per heavy atom. The summed E-state index contributed by atoms with van der Waals surface area (Å²) in [7, 11) is -3.18. The maximum absolute atomic E-state index is 12.4. The number of nitrogens with one attached hydrogen (secondary N) is 2. The van der Waals surface area contributed by atoms with Crippen molar-refractivity contribution >= 4 is 27.7 Å². The lowest BCUT2D eigenvalue weighted by atomic mass is 9.98. The molecule has 0 bridgehead atoms. The number of hydrogen-bond donors (Lipinski definition) is 2. The van der Waals surface area contributed by atoms with Crippen molar-refractivity contribution < 1.29 is 13.2 Å². The van der Waals surface area contributed by atoms with E-state index in [1.807, 2.05) is 18.7 Å². The summed E-state index contributed by atoms with van der Waals surface area (Å²) in [5.41, 5.74) is 0. The average Bonchev–Trinajstić information content (AvgIpc) is 2.69. The minimum atomic E-state index is -3.18. The van der Waals surface area contributed by atoms with Crippen LogP contribution in [0.3, 0.4) is 0 Å². The van der Waals surface area contributed by atoms with Gasteiger partial charge in [-0.05, 0) is 26.2 Å². The summed E-state index contributed by atoms with van der Waals surface area (Å²) in [5.74, 6) is 2.56. The summed E-state index contributed by atoms with van der Waals surface area (Å²) in [4.78, 5) is 4.53. The van der Waals surface area contributed by atoms with E-state index in [4.69, 9.17) is 4.74 Å². The van der Waals surface area contributed by atoms with Crippen molar-refractivity contribution in [3.05, 3.63) is 0 Å². The van der Waals surface area contributed by atoms with Crippen molar-refractivity contribution in [1.82, 2.24) is 14.9 Å². The highest BCUT2D eigenvalue weighted by atomic mass is 32.2. The monoisotopic (exact) mass is 420 g/mol. The second kappa shape index (κ2) is 12.9. The SMILES string of the molecule is CCNC(=NCCCOC1CCCCC1)NCCS(=O)(=O)N1CCSCC1. The van der Waals surface area contributed by atoms with Gasteiger partial charge < -0.3 is 15.4 Å². The van der Waals surface area contributed by atoms with Gasteiger partial charge in [0, 0.05) is 50.8 Å². The second-order valence-electron chi connectivity index (χ2n) is 7.00. The average molecular weight is 421 g/mol. The van der Waals surface area contributed by atoms with E-state index < -0.39 is 10.0 Å². The minimum absolute atomic E-state index is 0.104. The summed E-state index contributed by atoms with van der Waals surface area (Å²) in [6.07, 6.45) is 7.63. The summed E-state index contributed by atoms with van der Waals surface area (Å²) < 4.78 is 32.3. The Morgan fingerprint density at radius 2 is 1.93 bits per heavy atom. The standard InChI is InChI=1S/C18H36N4O3S2/c1-2-19-18(20-9-6-13-25-17-7-4-3-5-8-17)21-10-16-27(23,24)22-11-14-26-15-12-22/h17H,2-16H2,1H3,(H2,19,20,21). The van der Waals surface area contributed by atoms with Gasteiger partial charge in [0.25, 0.3) is 0 Å². The van der Waals surface area contributed by atoms with Gasteiger partial charge in [0.2, 0.25) is 10.0 Å². The number of nitrogens with zero attached hydrogens (tertiary/aromatic N) is 2. The van der Waals surface area contributed by atoms with Crippen LogP contribution in [0.4, 0.5) is 0 Å². The molecule has 0 spiro atoms. The molecule has 7 nitrogen and oxygen atoms in total. The molecule has 9 heteroatoms. The van der Waals surface area contributed by atoms with Gasteiger partial charge in [-0.2, -0.15) is 11.8 Å². The van der Waals surface area contributed by atoms with Crippen molar-refractivity contribution in [2.75, 3.05) is 56.6 Å². The van der Waals surface area contributed by atoms with E-state index in [1.54, 1.807) is 4.31 Å². The highest BCUT2D eigenvalue weighted by molar-refractivity contribution is 7.99. The van der Waals surface area contributed by atoms with E-state index in [0.717, 1.165) is 31.1 Å². The van der Waals surface area contributed by atoms with E-state index >= 15 is 0 Å². The van der Waals surface area contributed by atoms with Gasteiger partial charge in [0.15, 0.2) is 5.96 Å². The number of guanidine groups is 1. The number of hydrogen-bond acceptors (Lipinski definition) is 5.